The Hall–Kier alpha value is -0.820. The minimum absolute atomic E-state index is 0.335. The quantitative estimate of drug-likeness (QED) is 0.803. The van der Waals surface area contributed by atoms with Gasteiger partial charge in [0, 0.05) is 6.04 Å². The number of nitrogens with one attached hydrogen (secondary N) is 1. The van der Waals surface area contributed by atoms with Gasteiger partial charge in [-0.25, -0.2) is 0 Å². The molecule has 0 radical (unpaired) electrons. The zero-order valence-electron chi connectivity index (χ0n) is 10.9. The molecule has 0 saturated heterocycles. The van der Waals surface area contributed by atoms with Crippen molar-refractivity contribution >= 4 is 0 Å². The fourth-order valence-electron chi connectivity index (χ4n) is 3.20. The fraction of sp³-hybridized carbons (Fsp3) is 0.600. The van der Waals surface area contributed by atoms with Gasteiger partial charge in [-0.2, -0.15) is 0 Å². The van der Waals surface area contributed by atoms with E-state index in [-0.39, 0.29) is 0 Å². The highest BCUT2D eigenvalue weighted by Crippen LogP contribution is 2.35. The van der Waals surface area contributed by atoms with Gasteiger partial charge in [0.2, 0.25) is 0 Å². The fourth-order valence-corrected chi connectivity index (χ4v) is 3.20. The van der Waals surface area contributed by atoms with E-state index in [1.807, 2.05) is 0 Å². The molecule has 0 amide bonds. The van der Waals surface area contributed by atoms with Gasteiger partial charge in [-0.1, -0.05) is 45.0 Å². The lowest BCUT2D eigenvalue weighted by atomic mass is 9.78. The van der Waals surface area contributed by atoms with E-state index in [9.17, 15) is 0 Å². The van der Waals surface area contributed by atoms with Crippen LogP contribution >= 0.6 is 0 Å². The molecule has 0 spiro atoms. The summed E-state index contributed by atoms with van der Waals surface area (Å²) >= 11 is 0. The first-order valence-electron chi connectivity index (χ1n) is 6.26. The van der Waals surface area contributed by atoms with Crippen LogP contribution in [0.15, 0.2) is 24.3 Å². The summed E-state index contributed by atoms with van der Waals surface area (Å²) in [4.78, 5) is 0. The Morgan fingerprint density at radius 3 is 2.00 bits per heavy atom. The Morgan fingerprint density at radius 1 is 1.12 bits per heavy atom. The summed E-state index contributed by atoms with van der Waals surface area (Å²) in [5.41, 5.74) is 3.44. The minimum Gasteiger partial charge on any atom is -0.316 e. The van der Waals surface area contributed by atoms with Crippen molar-refractivity contribution < 1.29 is 0 Å². The Kier molecular flexibility index (Phi) is 3.07. The van der Waals surface area contributed by atoms with Crippen LogP contribution in [0.2, 0.25) is 0 Å². The Labute approximate surface area is 99.3 Å². The molecule has 1 aromatic rings. The summed E-state index contributed by atoms with van der Waals surface area (Å²) in [5, 5.41) is 3.52. The van der Waals surface area contributed by atoms with Gasteiger partial charge in [0.05, 0.1) is 0 Å². The molecular formula is C15H23N. The maximum Gasteiger partial charge on any atom is 0.0147 e. The summed E-state index contributed by atoms with van der Waals surface area (Å²) in [6.45, 7) is 6.99. The van der Waals surface area contributed by atoms with E-state index in [0.717, 1.165) is 5.92 Å². The summed E-state index contributed by atoms with van der Waals surface area (Å²) in [7, 11) is 2.10. The number of benzene rings is 1. The number of rotatable bonds is 2. The van der Waals surface area contributed by atoms with Crippen molar-refractivity contribution in [3.63, 3.8) is 0 Å². The predicted octanol–water partition coefficient (Wildman–Crippen LogP) is 3.04. The third kappa shape index (κ3) is 2.15. The van der Waals surface area contributed by atoms with Crippen molar-refractivity contribution in [3.8, 4) is 0 Å². The number of hydrogen-bond donors (Lipinski definition) is 1. The molecule has 1 atom stereocenters. The van der Waals surface area contributed by atoms with Crippen LogP contribution < -0.4 is 5.32 Å². The van der Waals surface area contributed by atoms with E-state index in [1.165, 1.54) is 12.8 Å². The van der Waals surface area contributed by atoms with E-state index in [0.29, 0.717) is 11.5 Å². The second-order valence-corrected chi connectivity index (χ2v) is 6.07. The Morgan fingerprint density at radius 2 is 1.62 bits per heavy atom. The topological polar surface area (TPSA) is 12.0 Å². The highest BCUT2D eigenvalue weighted by atomic mass is 14.9. The van der Waals surface area contributed by atoms with Gasteiger partial charge in [-0.05, 0) is 42.3 Å². The largest absolute Gasteiger partial charge is 0.316 e. The van der Waals surface area contributed by atoms with Gasteiger partial charge in [0.25, 0.3) is 0 Å². The Bertz CT molecular complexity index is 337. The Balaban J connectivity index is 2.16. The van der Waals surface area contributed by atoms with Crippen molar-refractivity contribution in [3.05, 3.63) is 35.4 Å². The normalized spacial score (nSPS) is 18.5. The second kappa shape index (κ2) is 4.21. The van der Waals surface area contributed by atoms with Crippen LogP contribution in [0.4, 0.5) is 0 Å². The lowest BCUT2D eigenvalue weighted by molar-refractivity contribution is 0.207. The van der Waals surface area contributed by atoms with E-state index in [4.69, 9.17) is 0 Å². The summed E-state index contributed by atoms with van der Waals surface area (Å²) in [6.07, 6.45) is 2.47. The molecule has 1 N–H and O–H groups in total. The lowest BCUT2D eigenvalue weighted by Crippen LogP contribution is -2.44. The van der Waals surface area contributed by atoms with Gasteiger partial charge >= 0.3 is 0 Å². The first-order valence-corrected chi connectivity index (χ1v) is 6.26. The summed E-state index contributed by atoms with van der Waals surface area (Å²) < 4.78 is 0. The standard InChI is InChI=1S/C15H23N/c1-15(2,3)14(16-4)13-9-11-7-5-6-8-12(11)10-13/h5-8,13-14,16H,9-10H2,1-4H3. The van der Waals surface area contributed by atoms with Crippen molar-refractivity contribution in [2.75, 3.05) is 7.05 Å². The molecule has 0 heterocycles. The molecule has 1 heteroatoms. The van der Waals surface area contributed by atoms with Crippen molar-refractivity contribution in [2.24, 2.45) is 11.3 Å². The minimum atomic E-state index is 0.335. The van der Waals surface area contributed by atoms with Crippen molar-refractivity contribution in [1.29, 1.82) is 0 Å². The molecule has 88 valence electrons. The molecule has 0 fully saturated rings. The van der Waals surface area contributed by atoms with Gasteiger partial charge in [0.1, 0.15) is 0 Å². The molecule has 0 saturated carbocycles. The average molecular weight is 217 g/mol. The predicted molar refractivity (Wildman–Crippen MR) is 69.6 cm³/mol. The zero-order valence-corrected chi connectivity index (χ0v) is 10.9. The van der Waals surface area contributed by atoms with Crippen LogP contribution in [-0.2, 0) is 12.8 Å². The van der Waals surface area contributed by atoms with Crippen LogP contribution in [0.1, 0.15) is 31.9 Å². The van der Waals surface area contributed by atoms with E-state index in [2.05, 4.69) is 57.4 Å². The van der Waals surface area contributed by atoms with Crippen molar-refractivity contribution in [1.82, 2.24) is 5.32 Å². The van der Waals surface area contributed by atoms with E-state index < -0.39 is 0 Å². The highest BCUT2D eigenvalue weighted by molar-refractivity contribution is 5.32. The maximum absolute atomic E-state index is 3.52. The van der Waals surface area contributed by atoms with Gasteiger partial charge in [0.15, 0.2) is 0 Å². The molecule has 0 bridgehead atoms. The third-order valence-electron chi connectivity index (χ3n) is 3.80. The zero-order chi connectivity index (χ0) is 11.8. The van der Waals surface area contributed by atoms with Gasteiger partial charge in [-0.3, -0.25) is 0 Å². The molecule has 1 aliphatic carbocycles. The molecule has 1 unspecified atom stereocenters. The van der Waals surface area contributed by atoms with E-state index in [1.54, 1.807) is 11.1 Å². The monoisotopic (exact) mass is 217 g/mol. The van der Waals surface area contributed by atoms with Crippen molar-refractivity contribution in [2.45, 2.75) is 39.7 Å². The lowest BCUT2D eigenvalue weighted by Gasteiger charge is -2.35. The average Bonchev–Trinajstić information content (AvgIpc) is 2.59. The molecule has 0 aliphatic heterocycles. The third-order valence-corrected chi connectivity index (χ3v) is 3.80. The van der Waals surface area contributed by atoms with E-state index >= 15 is 0 Å². The highest BCUT2D eigenvalue weighted by Gasteiger charge is 2.34. The molecule has 2 rings (SSSR count). The first-order chi connectivity index (χ1) is 7.52. The van der Waals surface area contributed by atoms with Gasteiger partial charge in [-0.15, -0.1) is 0 Å². The second-order valence-electron chi connectivity index (χ2n) is 6.07. The first kappa shape index (κ1) is 11.7. The molecular weight excluding hydrogens is 194 g/mol. The summed E-state index contributed by atoms with van der Waals surface area (Å²) in [6, 6.07) is 9.48. The molecule has 1 nitrogen and oxygen atoms in total. The SMILES string of the molecule is CNC(C1Cc2ccccc2C1)C(C)(C)C. The molecule has 1 aromatic carbocycles. The van der Waals surface area contributed by atoms with Crippen LogP contribution in [0, 0.1) is 11.3 Å². The number of hydrogen-bond acceptors (Lipinski definition) is 1. The molecule has 0 aromatic heterocycles. The van der Waals surface area contributed by atoms with Crippen LogP contribution in [0.5, 0.6) is 0 Å². The summed E-state index contributed by atoms with van der Waals surface area (Å²) in [5.74, 6) is 0.752. The van der Waals surface area contributed by atoms with Crippen LogP contribution in [0.25, 0.3) is 0 Å². The number of fused-ring (bicyclic) bond motifs is 1. The molecule has 1 aliphatic rings. The van der Waals surface area contributed by atoms with Crippen LogP contribution in [-0.4, -0.2) is 13.1 Å². The van der Waals surface area contributed by atoms with Gasteiger partial charge < -0.3 is 5.32 Å². The smallest absolute Gasteiger partial charge is 0.0147 e. The molecule has 16 heavy (non-hydrogen) atoms. The van der Waals surface area contributed by atoms with Crippen LogP contribution in [0.3, 0.4) is 0 Å². The maximum atomic E-state index is 3.52.